The van der Waals surface area contributed by atoms with Gasteiger partial charge in [0.25, 0.3) is 0 Å². The summed E-state index contributed by atoms with van der Waals surface area (Å²) < 4.78 is 1.95. The maximum Gasteiger partial charge on any atom is 0.236 e. The van der Waals surface area contributed by atoms with E-state index in [0.717, 1.165) is 35.9 Å². The van der Waals surface area contributed by atoms with Crippen molar-refractivity contribution in [1.82, 2.24) is 24.6 Å². The summed E-state index contributed by atoms with van der Waals surface area (Å²) in [7, 11) is 1.94. The van der Waals surface area contributed by atoms with Crippen molar-refractivity contribution in [2.24, 2.45) is 7.05 Å². The van der Waals surface area contributed by atoms with E-state index in [1.54, 1.807) is 12.4 Å². The van der Waals surface area contributed by atoms with Crippen molar-refractivity contribution in [2.75, 3.05) is 6.54 Å². The van der Waals surface area contributed by atoms with E-state index in [2.05, 4.69) is 27.0 Å². The first-order chi connectivity index (χ1) is 12.6. The van der Waals surface area contributed by atoms with Crippen LogP contribution in [0.2, 0.25) is 0 Å². The minimum Gasteiger partial charge on any atom is -0.339 e. The zero-order chi connectivity index (χ0) is 18.5. The normalized spacial score (nSPS) is 16.4. The van der Waals surface area contributed by atoms with Crippen LogP contribution in [0.15, 0.2) is 29.7 Å². The molecule has 0 unspecified atom stereocenters. The Hall–Kier alpha value is -1.89. The number of hydrogen-bond donors (Lipinski definition) is 0. The van der Waals surface area contributed by atoms with Crippen LogP contribution in [-0.2, 0) is 11.8 Å². The molecule has 1 fully saturated rings. The number of amides is 1. The monoisotopic (exact) mass is 373 g/mol. The highest BCUT2D eigenvalue weighted by atomic mass is 32.2. The van der Waals surface area contributed by atoms with Gasteiger partial charge in [0.1, 0.15) is 0 Å². The third kappa shape index (κ3) is 4.09. The predicted molar refractivity (Wildman–Crippen MR) is 104 cm³/mol. The molecule has 2 aromatic heterocycles. The van der Waals surface area contributed by atoms with Crippen LogP contribution in [0, 0.1) is 0 Å². The van der Waals surface area contributed by atoms with Crippen molar-refractivity contribution in [3.8, 4) is 11.4 Å². The van der Waals surface area contributed by atoms with Crippen molar-refractivity contribution in [1.29, 1.82) is 0 Å². The van der Waals surface area contributed by atoms with Gasteiger partial charge in [0.15, 0.2) is 11.0 Å². The number of nitrogens with zero attached hydrogens (tertiary/aromatic N) is 5. The zero-order valence-electron chi connectivity index (χ0n) is 15.8. The molecule has 0 radical (unpaired) electrons. The van der Waals surface area contributed by atoms with E-state index in [-0.39, 0.29) is 11.2 Å². The van der Waals surface area contributed by atoms with Crippen LogP contribution in [0.3, 0.4) is 0 Å². The molecule has 3 rings (SSSR count). The van der Waals surface area contributed by atoms with Gasteiger partial charge in [0, 0.05) is 37.6 Å². The van der Waals surface area contributed by atoms with Gasteiger partial charge < -0.3 is 9.47 Å². The minimum absolute atomic E-state index is 0.176. The SMILES string of the molecule is CCN(C(=O)[C@H](C)Sc1nnc(-c2ccncc2)n1C)C1CCCCC1. The molecule has 7 heteroatoms. The molecular formula is C19H27N5OS. The number of rotatable bonds is 6. The first kappa shape index (κ1) is 18.9. The molecular weight excluding hydrogens is 346 g/mol. The highest BCUT2D eigenvalue weighted by Gasteiger charge is 2.29. The summed E-state index contributed by atoms with van der Waals surface area (Å²) >= 11 is 1.48. The van der Waals surface area contributed by atoms with Crippen LogP contribution in [0.1, 0.15) is 46.0 Å². The maximum atomic E-state index is 13.0. The van der Waals surface area contributed by atoms with Crippen molar-refractivity contribution < 1.29 is 4.79 Å². The van der Waals surface area contributed by atoms with Gasteiger partial charge in [0.05, 0.1) is 5.25 Å². The van der Waals surface area contributed by atoms with Gasteiger partial charge in [-0.2, -0.15) is 0 Å². The molecule has 1 aliphatic carbocycles. The summed E-state index contributed by atoms with van der Waals surface area (Å²) in [4.78, 5) is 19.1. The predicted octanol–water partition coefficient (Wildman–Crippen LogP) is 3.54. The van der Waals surface area contributed by atoms with Crippen molar-refractivity contribution >= 4 is 17.7 Å². The van der Waals surface area contributed by atoms with E-state index in [9.17, 15) is 4.79 Å². The third-order valence-electron chi connectivity index (χ3n) is 5.04. The molecule has 0 saturated heterocycles. The van der Waals surface area contributed by atoms with Crippen molar-refractivity contribution in [3.63, 3.8) is 0 Å². The Morgan fingerprint density at radius 1 is 1.27 bits per heavy atom. The van der Waals surface area contributed by atoms with Gasteiger partial charge in [-0.3, -0.25) is 9.78 Å². The molecule has 1 amide bonds. The molecule has 1 aliphatic rings. The Morgan fingerprint density at radius 2 is 1.96 bits per heavy atom. The molecule has 1 atom stereocenters. The van der Waals surface area contributed by atoms with Gasteiger partial charge >= 0.3 is 0 Å². The molecule has 0 spiro atoms. The van der Waals surface area contributed by atoms with E-state index < -0.39 is 0 Å². The lowest BCUT2D eigenvalue weighted by Crippen LogP contribution is -2.44. The standard InChI is InChI=1S/C19H27N5OS/c1-4-24(16-8-6-5-7-9-16)18(25)14(2)26-19-22-21-17(23(19)3)15-10-12-20-13-11-15/h10-14,16H,4-9H2,1-3H3/t14-/m0/s1. The molecule has 1 saturated carbocycles. The van der Waals surface area contributed by atoms with Gasteiger partial charge in [0.2, 0.25) is 5.91 Å². The number of thioether (sulfide) groups is 1. The van der Waals surface area contributed by atoms with Crippen molar-refractivity contribution in [3.05, 3.63) is 24.5 Å². The average molecular weight is 374 g/mol. The first-order valence-corrected chi connectivity index (χ1v) is 10.3. The van der Waals surface area contributed by atoms with Crippen LogP contribution in [-0.4, -0.2) is 48.4 Å². The molecule has 0 aromatic carbocycles. The van der Waals surface area contributed by atoms with Crippen molar-refractivity contribution in [2.45, 2.75) is 62.4 Å². The Labute approximate surface area is 159 Å². The highest BCUT2D eigenvalue weighted by molar-refractivity contribution is 8.00. The smallest absolute Gasteiger partial charge is 0.236 e. The zero-order valence-corrected chi connectivity index (χ0v) is 16.6. The topological polar surface area (TPSA) is 63.9 Å². The summed E-state index contributed by atoms with van der Waals surface area (Å²) in [6.45, 7) is 4.82. The number of pyridine rings is 1. The number of carbonyl (C=O) groups is 1. The fourth-order valence-electron chi connectivity index (χ4n) is 3.60. The Morgan fingerprint density at radius 3 is 2.62 bits per heavy atom. The lowest BCUT2D eigenvalue weighted by atomic mass is 9.94. The Bertz CT molecular complexity index is 727. The molecule has 140 valence electrons. The molecule has 0 N–H and O–H groups in total. The van der Waals surface area contributed by atoms with Gasteiger partial charge in [-0.05, 0) is 38.8 Å². The molecule has 26 heavy (non-hydrogen) atoms. The highest BCUT2D eigenvalue weighted by Crippen LogP contribution is 2.29. The van der Waals surface area contributed by atoms with Gasteiger partial charge in [-0.15, -0.1) is 10.2 Å². The molecule has 0 aliphatic heterocycles. The molecule has 0 bridgehead atoms. The minimum atomic E-state index is -0.176. The summed E-state index contributed by atoms with van der Waals surface area (Å²) in [6, 6.07) is 4.22. The first-order valence-electron chi connectivity index (χ1n) is 9.38. The van der Waals surface area contributed by atoms with Crippen LogP contribution in [0.25, 0.3) is 11.4 Å². The van der Waals surface area contributed by atoms with Crippen LogP contribution >= 0.6 is 11.8 Å². The van der Waals surface area contributed by atoms with E-state index in [4.69, 9.17) is 0 Å². The van der Waals surface area contributed by atoms with E-state index >= 15 is 0 Å². The second-order valence-electron chi connectivity index (χ2n) is 6.78. The maximum absolute atomic E-state index is 13.0. The summed E-state index contributed by atoms with van der Waals surface area (Å²) in [6.07, 6.45) is 9.51. The lowest BCUT2D eigenvalue weighted by Gasteiger charge is -2.35. The summed E-state index contributed by atoms with van der Waals surface area (Å²) in [5.41, 5.74) is 0.971. The fraction of sp³-hybridized carbons (Fsp3) is 0.579. The average Bonchev–Trinajstić information content (AvgIpc) is 3.04. The number of aromatic nitrogens is 4. The van der Waals surface area contributed by atoms with E-state index in [1.165, 1.54) is 31.0 Å². The van der Waals surface area contributed by atoms with Crippen LogP contribution < -0.4 is 0 Å². The van der Waals surface area contributed by atoms with Gasteiger partial charge in [-0.25, -0.2) is 0 Å². The quantitative estimate of drug-likeness (QED) is 0.725. The summed E-state index contributed by atoms with van der Waals surface area (Å²) in [5.74, 6) is 0.993. The molecule has 2 aromatic rings. The van der Waals surface area contributed by atoms with E-state index in [0.29, 0.717) is 6.04 Å². The number of carbonyl (C=O) groups excluding carboxylic acids is 1. The fourth-order valence-corrected chi connectivity index (χ4v) is 4.48. The molecule has 2 heterocycles. The largest absolute Gasteiger partial charge is 0.339 e. The Kier molecular flexibility index (Phi) is 6.29. The van der Waals surface area contributed by atoms with Gasteiger partial charge in [-0.1, -0.05) is 31.0 Å². The molecule has 6 nitrogen and oxygen atoms in total. The van der Waals surface area contributed by atoms with Crippen LogP contribution in [0.4, 0.5) is 0 Å². The second-order valence-corrected chi connectivity index (χ2v) is 8.09. The lowest BCUT2D eigenvalue weighted by molar-refractivity contribution is -0.133. The third-order valence-corrected chi connectivity index (χ3v) is 6.16. The van der Waals surface area contributed by atoms with Crippen LogP contribution in [0.5, 0.6) is 0 Å². The summed E-state index contributed by atoms with van der Waals surface area (Å²) in [5, 5.41) is 9.18. The number of hydrogen-bond acceptors (Lipinski definition) is 5. The second kappa shape index (κ2) is 8.66. The van der Waals surface area contributed by atoms with E-state index in [1.807, 2.05) is 30.7 Å². The Balaban J connectivity index is 1.70.